The Balaban J connectivity index is 2.17. The molecule has 0 unspecified atom stereocenters. The zero-order valence-electron chi connectivity index (χ0n) is 9.10. The summed E-state index contributed by atoms with van der Waals surface area (Å²) >= 11 is 5.13. The molecule has 1 aliphatic rings. The maximum atomic E-state index is 11.2. The lowest BCUT2D eigenvalue weighted by Crippen LogP contribution is -2.56. The first kappa shape index (κ1) is 11.6. The highest BCUT2D eigenvalue weighted by atomic mass is 32.1. The van der Waals surface area contributed by atoms with Crippen molar-refractivity contribution < 1.29 is 4.79 Å². The molecule has 0 spiro atoms. The van der Waals surface area contributed by atoms with Gasteiger partial charge in [0.2, 0.25) is 5.11 Å². The summed E-state index contributed by atoms with van der Waals surface area (Å²) in [7, 11) is 1.53. The van der Waals surface area contributed by atoms with Crippen molar-refractivity contribution in [2.75, 3.05) is 12.1 Å². The third kappa shape index (κ3) is 2.44. The van der Waals surface area contributed by atoms with Gasteiger partial charge in [0.25, 0.3) is 0 Å². The molecule has 1 aromatic rings. The predicted octanol–water partition coefficient (Wildman–Crippen LogP) is -0.138. The van der Waals surface area contributed by atoms with Crippen LogP contribution in [0.4, 0.5) is 10.5 Å². The molecule has 0 bridgehead atoms. The molecule has 1 aromatic carbocycles. The van der Waals surface area contributed by atoms with Crippen LogP contribution in [0.25, 0.3) is 0 Å². The first-order chi connectivity index (χ1) is 8.22. The molecule has 2 amide bonds. The Kier molecular flexibility index (Phi) is 3.38. The van der Waals surface area contributed by atoms with E-state index in [0.29, 0.717) is 5.11 Å². The van der Waals surface area contributed by atoms with E-state index in [-0.39, 0.29) is 6.03 Å². The van der Waals surface area contributed by atoms with Gasteiger partial charge < -0.3 is 5.32 Å². The first-order valence-corrected chi connectivity index (χ1v) is 5.32. The average molecular weight is 252 g/mol. The van der Waals surface area contributed by atoms with Crippen molar-refractivity contribution in [3.05, 3.63) is 30.3 Å². The Morgan fingerprint density at radius 3 is 2.71 bits per heavy atom. The quantitative estimate of drug-likeness (QED) is 0.549. The zero-order chi connectivity index (χ0) is 12.3. The van der Waals surface area contributed by atoms with Gasteiger partial charge in [-0.2, -0.15) is 0 Å². The minimum absolute atomic E-state index is 0.357. The lowest BCUT2D eigenvalue weighted by Gasteiger charge is -2.25. The molecule has 1 saturated heterocycles. The second-order valence-corrected chi connectivity index (χ2v) is 3.58. The number of nitrogens with one attached hydrogen (secondary N) is 4. The fourth-order valence-corrected chi connectivity index (χ4v) is 1.56. The van der Waals surface area contributed by atoms with Gasteiger partial charge in [0.05, 0.1) is 5.69 Å². The van der Waals surface area contributed by atoms with Crippen LogP contribution in [-0.4, -0.2) is 23.4 Å². The SMILES string of the molecule is CNC(=O)NN1NNC(=S)N1c1ccccc1. The fourth-order valence-electron chi connectivity index (χ4n) is 1.33. The summed E-state index contributed by atoms with van der Waals surface area (Å²) in [5.74, 6) is 0. The van der Waals surface area contributed by atoms with Crippen LogP contribution in [-0.2, 0) is 0 Å². The molecule has 8 heteroatoms. The number of carbonyl (C=O) groups is 1. The zero-order valence-corrected chi connectivity index (χ0v) is 9.91. The van der Waals surface area contributed by atoms with Gasteiger partial charge >= 0.3 is 6.03 Å². The van der Waals surface area contributed by atoms with E-state index in [0.717, 1.165) is 5.69 Å². The lowest BCUT2D eigenvalue weighted by atomic mass is 10.3. The van der Waals surface area contributed by atoms with Gasteiger partial charge in [-0.05, 0) is 29.6 Å². The maximum absolute atomic E-state index is 11.2. The van der Waals surface area contributed by atoms with Gasteiger partial charge in [-0.25, -0.2) is 15.2 Å². The third-order valence-corrected chi connectivity index (χ3v) is 2.37. The Bertz CT molecular complexity index is 425. The number of urea groups is 1. The van der Waals surface area contributed by atoms with Gasteiger partial charge in [0, 0.05) is 7.05 Å². The van der Waals surface area contributed by atoms with Gasteiger partial charge in [-0.3, -0.25) is 5.43 Å². The molecular formula is C9H12N6OS. The molecule has 0 aliphatic carbocycles. The number of rotatable bonds is 2. The monoisotopic (exact) mass is 252 g/mol. The van der Waals surface area contributed by atoms with E-state index in [2.05, 4.69) is 21.7 Å². The highest BCUT2D eigenvalue weighted by Crippen LogP contribution is 2.15. The second kappa shape index (κ2) is 4.95. The van der Waals surface area contributed by atoms with Crippen molar-refractivity contribution >= 4 is 29.0 Å². The summed E-state index contributed by atoms with van der Waals surface area (Å²) in [4.78, 5) is 11.2. The number of benzene rings is 1. The van der Waals surface area contributed by atoms with Crippen molar-refractivity contribution in [2.45, 2.75) is 0 Å². The number of nitrogens with zero attached hydrogens (tertiary/aromatic N) is 2. The molecule has 90 valence electrons. The average Bonchev–Trinajstić information content (AvgIpc) is 2.71. The molecule has 0 aromatic heterocycles. The highest BCUT2D eigenvalue weighted by Gasteiger charge is 2.28. The summed E-state index contributed by atoms with van der Waals surface area (Å²) in [6.45, 7) is 0. The van der Waals surface area contributed by atoms with Crippen LogP contribution in [0.15, 0.2) is 30.3 Å². The molecule has 4 N–H and O–H groups in total. The Morgan fingerprint density at radius 2 is 2.06 bits per heavy atom. The number of thiocarbonyl (C=S) groups is 1. The van der Waals surface area contributed by atoms with Crippen LogP contribution >= 0.6 is 12.2 Å². The van der Waals surface area contributed by atoms with Gasteiger partial charge in [-0.1, -0.05) is 18.2 Å². The second-order valence-electron chi connectivity index (χ2n) is 3.19. The minimum atomic E-state index is -0.357. The van der Waals surface area contributed by atoms with E-state index in [1.165, 1.54) is 12.3 Å². The molecule has 0 atom stereocenters. The lowest BCUT2D eigenvalue weighted by molar-refractivity contribution is 0.141. The van der Waals surface area contributed by atoms with Gasteiger partial charge in [0.15, 0.2) is 0 Å². The molecule has 0 radical (unpaired) electrons. The van der Waals surface area contributed by atoms with Gasteiger partial charge in [-0.15, -0.1) is 5.53 Å². The molecule has 7 nitrogen and oxygen atoms in total. The van der Waals surface area contributed by atoms with Crippen molar-refractivity contribution in [1.29, 1.82) is 0 Å². The number of anilines is 1. The van der Waals surface area contributed by atoms with Crippen molar-refractivity contribution in [3.63, 3.8) is 0 Å². The maximum Gasteiger partial charge on any atom is 0.331 e. The van der Waals surface area contributed by atoms with E-state index in [1.54, 1.807) is 5.01 Å². The molecule has 2 rings (SSSR count). The van der Waals surface area contributed by atoms with E-state index in [1.807, 2.05) is 30.3 Å². The summed E-state index contributed by atoms with van der Waals surface area (Å²) in [6, 6.07) is 9.06. The Labute approximate surface area is 104 Å². The van der Waals surface area contributed by atoms with Crippen molar-refractivity contribution in [2.24, 2.45) is 0 Å². The third-order valence-electron chi connectivity index (χ3n) is 2.10. The van der Waals surface area contributed by atoms with E-state index >= 15 is 0 Å². The number of hydrogen-bond acceptors (Lipinski definition) is 4. The molecule has 1 fully saturated rings. The molecule has 1 aliphatic heterocycles. The molecular weight excluding hydrogens is 240 g/mol. The molecule has 1 heterocycles. The summed E-state index contributed by atoms with van der Waals surface area (Å²) < 4.78 is 0. The van der Waals surface area contributed by atoms with E-state index in [9.17, 15) is 4.79 Å². The fraction of sp³-hybridized carbons (Fsp3) is 0.111. The van der Waals surface area contributed by atoms with Crippen LogP contribution in [0.1, 0.15) is 0 Å². The number of hydrogen-bond donors (Lipinski definition) is 4. The summed E-state index contributed by atoms with van der Waals surface area (Å²) in [6.07, 6.45) is 0. The number of amides is 2. The number of para-hydroxylation sites is 1. The highest BCUT2D eigenvalue weighted by molar-refractivity contribution is 7.80. The van der Waals surface area contributed by atoms with Crippen LogP contribution in [0.2, 0.25) is 0 Å². The van der Waals surface area contributed by atoms with E-state index in [4.69, 9.17) is 12.2 Å². The Hall–Kier alpha value is -1.90. The largest absolute Gasteiger partial charge is 0.340 e. The van der Waals surface area contributed by atoms with Crippen LogP contribution < -0.4 is 26.7 Å². The predicted molar refractivity (Wildman–Crippen MR) is 67.2 cm³/mol. The summed E-state index contributed by atoms with van der Waals surface area (Å²) in [5, 5.41) is 5.86. The number of hydrazine groups is 4. The normalized spacial score (nSPS) is 15.6. The summed E-state index contributed by atoms with van der Waals surface area (Å²) in [5.41, 5.74) is 8.84. The smallest absolute Gasteiger partial charge is 0.331 e. The van der Waals surface area contributed by atoms with Crippen LogP contribution in [0.5, 0.6) is 0 Å². The molecule has 17 heavy (non-hydrogen) atoms. The van der Waals surface area contributed by atoms with Crippen LogP contribution in [0.3, 0.4) is 0 Å². The first-order valence-electron chi connectivity index (χ1n) is 4.91. The van der Waals surface area contributed by atoms with Crippen molar-refractivity contribution in [1.82, 2.24) is 26.9 Å². The number of carbonyl (C=O) groups excluding carboxylic acids is 1. The Morgan fingerprint density at radius 1 is 1.35 bits per heavy atom. The van der Waals surface area contributed by atoms with Crippen LogP contribution in [0, 0.1) is 0 Å². The van der Waals surface area contributed by atoms with E-state index < -0.39 is 0 Å². The molecule has 0 saturated carbocycles. The standard InChI is InChI=1S/C9H12N6OS/c1-10-8(16)12-15-13-11-9(17)14(15)7-5-3-2-4-6-7/h2-6,13H,1H3,(H,11,17)(H2,10,12,16). The topological polar surface area (TPSA) is 71.7 Å². The van der Waals surface area contributed by atoms with Gasteiger partial charge in [0.1, 0.15) is 0 Å². The van der Waals surface area contributed by atoms with Crippen molar-refractivity contribution in [3.8, 4) is 0 Å². The minimum Gasteiger partial charge on any atom is -0.340 e.